The molecule has 2 nitrogen and oxygen atoms in total. The minimum atomic E-state index is -1.37. The zero-order valence-electron chi connectivity index (χ0n) is 8.47. The number of rotatable bonds is 0. The van der Waals surface area contributed by atoms with E-state index in [1.807, 2.05) is 0 Å². The Labute approximate surface area is 81.0 Å². The van der Waals surface area contributed by atoms with Gasteiger partial charge in [0.1, 0.15) is 0 Å². The average Bonchev–Trinajstić information content (AvgIpc) is 2.10. The molecule has 78 valence electrons. The Morgan fingerprint density at radius 2 is 0.846 bits per heavy atom. The lowest BCUT2D eigenvalue weighted by Gasteiger charge is -2.21. The first-order valence-electron chi connectivity index (χ1n) is 5.65. The quantitative estimate of drug-likeness (QED) is 0.571. The van der Waals surface area contributed by atoms with Gasteiger partial charge >= 0.3 is 0 Å². The highest BCUT2D eigenvalue weighted by Crippen LogP contribution is 2.22. The van der Waals surface area contributed by atoms with Crippen LogP contribution in [0, 0.1) is 0 Å². The van der Waals surface area contributed by atoms with E-state index in [0.717, 1.165) is 25.7 Å². The molecule has 2 heteroatoms. The van der Waals surface area contributed by atoms with Crippen molar-refractivity contribution in [3.63, 3.8) is 0 Å². The molecule has 1 rings (SSSR count). The van der Waals surface area contributed by atoms with E-state index in [4.69, 9.17) is 0 Å². The number of aliphatic hydroxyl groups is 2. The summed E-state index contributed by atoms with van der Waals surface area (Å²) in [4.78, 5) is 0. The van der Waals surface area contributed by atoms with Crippen molar-refractivity contribution in [1.82, 2.24) is 0 Å². The molecule has 0 aromatic carbocycles. The maximum Gasteiger partial charge on any atom is 0.162 e. The van der Waals surface area contributed by atoms with Crippen LogP contribution in [0.15, 0.2) is 0 Å². The van der Waals surface area contributed by atoms with E-state index in [0.29, 0.717) is 12.8 Å². The molecular formula is C11H22O2. The van der Waals surface area contributed by atoms with Crippen molar-refractivity contribution in [2.45, 2.75) is 70.0 Å². The van der Waals surface area contributed by atoms with Crippen molar-refractivity contribution >= 4 is 0 Å². The van der Waals surface area contributed by atoms with Crippen LogP contribution in [0.3, 0.4) is 0 Å². The Balaban J connectivity index is 2.27. The van der Waals surface area contributed by atoms with E-state index in [2.05, 4.69) is 0 Å². The molecule has 2 N–H and O–H groups in total. The maximum absolute atomic E-state index is 9.54. The normalized spacial score (nSPS) is 26.3. The lowest BCUT2D eigenvalue weighted by atomic mass is 10.0. The highest BCUT2D eigenvalue weighted by Gasteiger charge is 2.21. The zero-order valence-corrected chi connectivity index (χ0v) is 8.47. The third kappa shape index (κ3) is 5.27. The molecule has 1 fully saturated rings. The van der Waals surface area contributed by atoms with Crippen LogP contribution in [0.1, 0.15) is 64.2 Å². The summed E-state index contributed by atoms with van der Waals surface area (Å²) in [7, 11) is 0. The van der Waals surface area contributed by atoms with Crippen LogP contribution in [0.25, 0.3) is 0 Å². The molecule has 0 aromatic heterocycles. The fourth-order valence-electron chi connectivity index (χ4n) is 2.00. The van der Waals surface area contributed by atoms with Gasteiger partial charge in [-0.2, -0.15) is 0 Å². The second kappa shape index (κ2) is 5.61. The van der Waals surface area contributed by atoms with Gasteiger partial charge in [-0.05, 0) is 12.8 Å². The van der Waals surface area contributed by atoms with Crippen LogP contribution in [-0.2, 0) is 0 Å². The summed E-state index contributed by atoms with van der Waals surface area (Å²) < 4.78 is 0. The molecule has 0 radical (unpaired) electrons. The Hall–Kier alpha value is -0.0800. The van der Waals surface area contributed by atoms with E-state index in [1.54, 1.807) is 0 Å². The highest BCUT2D eigenvalue weighted by molar-refractivity contribution is 4.66. The van der Waals surface area contributed by atoms with Crippen LogP contribution < -0.4 is 0 Å². The molecule has 1 aliphatic carbocycles. The molecule has 0 saturated heterocycles. The molecule has 0 unspecified atom stereocenters. The summed E-state index contributed by atoms with van der Waals surface area (Å²) in [6.45, 7) is 0. The molecule has 0 spiro atoms. The van der Waals surface area contributed by atoms with Gasteiger partial charge in [0, 0.05) is 12.8 Å². The largest absolute Gasteiger partial charge is 0.366 e. The fraction of sp³-hybridized carbons (Fsp3) is 1.00. The van der Waals surface area contributed by atoms with Gasteiger partial charge in [-0.15, -0.1) is 0 Å². The van der Waals surface area contributed by atoms with Gasteiger partial charge in [-0.3, -0.25) is 0 Å². The minimum Gasteiger partial charge on any atom is -0.366 e. The van der Waals surface area contributed by atoms with Gasteiger partial charge in [-0.25, -0.2) is 0 Å². The summed E-state index contributed by atoms with van der Waals surface area (Å²) >= 11 is 0. The molecule has 13 heavy (non-hydrogen) atoms. The van der Waals surface area contributed by atoms with Crippen molar-refractivity contribution < 1.29 is 10.2 Å². The zero-order chi connectivity index (χ0) is 9.57. The molecular weight excluding hydrogens is 164 g/mol. The lowest BCUT2D eigenvalue weighted by molar-refractivity contribution is -0.171. The monoisotopic (exact) mass is 186 g/mol. The first-order valence-corrected chi connectivity index (χ1v) is 5.65. The van der Waals surface area contributed by atoms with E-state index in [9.17, 15) is 10.2 Å². The Morgan fingerprint density at radius 3 is 1.23 bits per heavy atom. The summed E-state index contributed by atoms with van der Waals surface area (Å²) in [6.07, 6.45) is 10.5. The second-order valence-electron chi connectivity index (χ2n) is 4.31. The van der Waals surface area contributed by atoms with Crippen LogP contribution in [0.5, 0.6) is 0 Å². The smallest absolute Gasteiger partial charge is 0.162 e. The van der Waals surface area contributed by atoms with Crippen molar-refractivity contribution in [1.29, 1.82) is 0 Å². The van der Waals surface area contributed by atoms with Gasteiger partial charge in [0.15, 0.2) is 5.79 Å². The van der Waals surface area contributed by atoms with Crippen molar-refractivity contribution in [3.05, 3.63) is 0 Å². The lowest BCUT2D eigenvalue weighted by Crippen LogP contribution is -2.27. The molecule has 0 heterocycles. The number of hydrogen-bond acceptors (Lipinski definition) is 2. The Kier molecular flexibility index (Phi) is 4.74. The van der Waals surface area contributed by atoms with Crippen molar-refractivity contribution in [3.8, 4) is 0 Å². The first kappa shape index (κ1) is 11.0. The topological polar surface area (TPSA) is 40.5 Å². The van der Waals surface area contributed by atoms with Crippen molar-refractivity contribution in [2.75, 3.05) is 0 Å². The van der Waals surface area contributed by atoms with E-state index >= 15 is 0 Å². The summed E-state index contributed by atoms with van der Waals surface area (Å²) in [5.41, 5.74) is 0. The third-order valence-corrected chi connectivity index (χ3v) is 2.90. The van der Waals surface area contributed by atoms with Crippen LogP contribution in [0.4, 0.5) is 0 Å². The van der Waals surface area contributed by atoms with Gasteiger partial charge in [0.2, 0.25) is 0 Å². The standard InChI is InChI=1S/C11H22O2/c12-11(13)9-7-5-3-1-2-4-6-8-10-11/h12-13H,1-10H2. The van der Waals surface area contributed by atoms with E-state index in [1.165, 1.54) is 25.7 Å². The molecule has 0 aromatic rings. The van der Waals surface area contributed by atoms with Crippen molar-refractivity contribution in [2.24, 2.45) is 0 Å². The SMILES string of the molecule is OC1(O)CCCCCCCCCC1. The average molecular weight is 186 g/mol. The summed E-state index contributed by atoms with van der Waals surface area (Å²) in [5, 5.41) is 19.1. The number of hydrogen-bond donors (Lipinski definition) is 2. The van der Waals surface area contributed by atoms with Crippen LogP contribution in [0.2, 0.25) is 0 Å². The molecule has 1 aliphatic rings. The molecule has 0 atom stereocenters. The third-order valence-electron chi connectivity index (χ3n) is 2.90. The van der Waals surface area contributed by atoms with E-state index < -0.39 is 5.79 Å². The predicted octanol–water partition coefficient (Wildman–Crippen LogP) is 2.58. The molecule has 1 saturated carbocycles. The summed E-state index contributed by atoms with van der Waals surface area (Å²) in [5.74, 6) is -1.37. The van der Waals surface area contributed by atoms with Crippen LogP contribution in [-0.4, -0.2) is 16.0 Å². The predicted molar refractivity (Wildman–Crippen MR) is 53.3 cm³/mol. The Morgan fingerprint density at radius 1 is 0.538 bits per heavy atom. The van der Waals surface area contributed by atoms with Gasteiger partial charge in [0.05, 0.1) is 0 Å². The van der Waals surface area contributed by atoms with Gasteiger partial charge in [-0.1, -0.05) is 38.5 Å². The molecule has 0 bridgehead atoms. The van der Waals surface area contributed by atoms with E-state index in [-0.39, 0.29) is 0 Å². The summed E-state index contributed by atoms with van der Waals surface area (Å²) in [6, 6.07) is 0. The first-order chi connectivity index (χ1) is 6.21. The van der Waals surface area contributed by atoms with Gasteiger partial charge < -0.3 is 10.2 Å². The Bertz CT molecular complexity index is 118. The highest BCUT2D eigenvalue weighted by atomic mass is 16.5. The fourth-order valence-corrected chi connectivity index (χ4v) is 2.00. The molecule has 0 amide bonds. The maximum atomic E-state index is 9.54. The molecule has 0 aliphatic heterocycles. The minimum absolute atomic E-state index is 0.562. The van der Waals surface area contributed by atoms with Crippen LogP contribution >= 0.6 is 0 Å². The second-order valence-corrected chi connectivity index (χ2v) is 4.31. The van der Waals surface area contributed by atoms with Gasteiger partial charge in [0.25, 0.3) is 0 Å².